The summed E-state index contributed by atoms with van der Waals surface area (Å²) < 4.78 is 27.6. The van der Waals surface area contributed by atoms with E-state index in [0.717, 1.165) is 31.6 Å². The van der Waals surface area contributed by atoms with Crippen molar-refractivity contribution in [2.45, 2.75) is 63.8 Å². The predicted molar refractivity (Wildman–Crippen MR) is 100 cm³/mol. The second-order valence-electron chi connectivity index (χ2n) is 8.30. The van der Waals surface area contributed by atoms with Gasteiger partial charge in [-0.1, -0.05) is 32.0 Å². The molecule has 0 atom stereocenters. The van der Waals surface area contributed by atoms with Gasteiger partial charge in [0.05, 0.1) is 0 Å². The summed E-state index contributed by atoms with van der Waals surface area (Å²) in [4.78, 5) is 15.3. The summed E-state index contributed by atoms with van der Waals surface area (Å²) >= 11 is 0. The van der Waals surface area contributed by atoms with Gasteiger partial charge in [-0.05, 0) is 49.7 Å². The van der Waals surface area contributed by atoms with Gasteiger partial charge in [0, 0.05) is 31.6 Å². The smallest absolute Gasteiger partial charge is 0.248 e. The van der Waals surface area contributed by atoms with E-state index in [-0.39, 0.29) is 31.6 Å². The summed E-state index contributed by atoms with van der Waals surface area (Å²) in [6, 6.07) is 9.49. The molecule has 144 valence electrons. The van der Waals surface area contributed by atoms with Crippen LogP contribution in [0.3, 0.4) is 0 Å². The second-order valence-corrected chi connectivity index (χ2v) is 8.30. The number of likely N-dealkylation sites (tertiary alicyclic amines) is 1. The molecule has 1 aliphatic carbocycles. The number of amides is 1. The highest BCUT2D eigenvalue weighted by atomic mass is 19.3. The van der Waals surface area contributed by atoms with E-state index in [9.17, 15) is 13.6 Å². The lowest BCUT2D eigenvalue weighted by molar-refractivity contribution is -0.142. The molecule has 1 saturated heterocycles. The number of halogens is 2. The topological polar surface area (TPSA) is 32.3 Å². The van der Waals surface area contributed by atoms with E-state index >= 15 is 0 Å². The molecule has 1 aromatic rings. The van der Waals surface area contributed by atoms with Gasteiger partial charge in [-0.25, -0.2) is 8.78 Å². The van der Waals surface area contributed by atoms with E-state index in [2.05, 4.69) is 19.2 Å². The number of rotatable bonds is 4. The SMILES string of the molecule is CC(C)C1CCN(C(=O)C2(Nc3ccccc3)CCC(F)(F)CC2)CC1. The number of hydrogen-bond acceptors (Lipinski definition) is 2. The number of benzene rings is 1. The lowest BCUT2D eigenvalue weighted by atomic mass is 9.77. The Morgan fingerprint density at radius 1 is 1.08 bits per heavy atom. The van der Waals surface area contributed by atoms with Crippen LogP contribution in [-0.2, 0) is 4.79 Å². The van der Waals surface area contributed by atoms with Crippen molar-refractivity contribution >= 4 is 11.6 Å². The van der Waals surface area contributed by atoms with E-state index < -0.39 is 11.5 Å². The molecule has 1 N–H and O–H groups in total. The number of nitrogens with zero attached hydrogens (tertiary/aromatic N) is 1. The molecule has 2 fully saturated rings. The zero-order valence-electron chi connectivity index (χ0n) is 15.8. The van der Waals surface area contributed by atoms with Crippen molar-refractivity contribution in [3.8, 4) is 0 Å². The van der Waals surface area contributed by atoms with Gasteiger partial charge in [-0.2, -0.15) is 0 Å². The molecule has 26 heavy (non-hydrogen) atoms. The maximum absolute atomic E-state index is 13.8. The molecule has 1 aliphatic heterocycles. The summed E-state index contributed by atoms with van der Waals surface area (Å²) in [5, 5.41) is 3.34. The Morgan fingerprint density at radius 2 is 1.65 bits per heavy atom. The predicted octanol–water partition coefficient (Wildman–Crippen LogP) is 4.94. The highest BCUT2D eigenvalue weighted by Crippen LogP contribution is 2.41. The quantitative estimate of drug-likeness (QED) is 0.821. The van der Waals surface area contributed by atoms with Gasteiger partial charge in [-0.15, -0.1) is 0 Å². The van der Waals surface area contributed by atoms with Crippen LogP contribution in [0.1, 0.15) is 52.4 Å². The van der Waals surface area contributed by atoms with E-state index in [1.165, 1.54) is 0 Å². The Labute approximate surface area is 155 Å². The summed E-state index contributed by atoms with van der Waals surface area (Å²) in [5.74, 6) is -1.39. The number of alkyl halides is 2. The van der Waals surface area contributed by atoms with Gasteiger partial charge in [-0.3, -0.25) is 4.79 Å². The Morgan fingerprint density at radius 3 is 2.19 bits per heavy atom. The van der Waals surface area contributed by atoms with Crippen molar-refractivity contribution in [1.82, 2.24) is 4.90 Å². The number of para-hydroxylation sites is 1. The van der Waals surface area contributed by atoms with Crippen LogP contribution in [0.25, 0.3) is 0 Å². The molecule has 3 rings (SSSR count). The highest BCUT2D eigenvalue weighted by Gasteiger charge is 2.49. The normalized spacial score (nSPS) is 23.0. The molecule has 0 spiro atoms. The largest absolute Gasteiger partial charge is 0.371 e. The van der Waals surface area contributed by atoms with Crippen LogP contribution in [0.5, 0.6) is 0 Å². The van der Waals surface area contributed by atoms with Gasteiger partial charge in [0.25, 0.3) is 0 Å². The zero-order valence-corrected chi connectivity index (χ0v) is 15.8. The van der Waals surface area contributed by atoms with Gasteiger partial charge in [0.1, 0.15) is 5.54 Å². The first-order valence-corrected chi connectivity index (χ1v) is 9.82. The molecule has 2 aliphatic rings. The summed E-state index contributed by atoms with van der Waals surface area (Å²) in [6.45, 7) is 5.92. The first kappa shape index (κ1) is 19.1. The van der Waals surface area contributed by atoms with E-state index in [1.54, 1.807) is 0 Å². The van der Waals surface area contributed by atoms with Crippen LogP contribution in [-0.4, -0.2) is 35.4 Å². The maximum atomic E-state index is 13.8. The van der Waals surface area contributed by atoms with Crippen molar-refractivity contribution in [2.75, 3.05) is 18.4 Å². The maximum Gasteiger partial charge on any atom is 0.248 e. The molecule has 1 amide bonds. The molecule has 5 heteroatoms. The molecule has 1 heterocycles. The minimum Gasteiger partial charge on any atom is -0.371 e. The van der Waals surface area contributed by atoms with Crippen molar-refractivity contribution in [1.29, 1.82) is 0 Å². The van der Waals surface area contributed by atoms with Crippen LogP contribution in [0.4, 0.5) is 14.5 Å². The van der Waals surface area contributed by atoms with Crippen LogP contribution >= 0.6 is 0 Å². The molecular formula is C21H30F2N2O. The number of nitrogens with one attached hydrogen (secondary N) is 1. The van der Waals surface area contributed by atoms with Crippen molar-refractivity contribution < 1.29 is 13.6 Å². The van der Waals surface area contributed by atoms with Crippen molar-refractivity contribution in [2.24, 2.45) is 11.8 Å². The average molecular weight is 364 g/mol. The summed E-state index contributed by atoms with van der Waals surface area (Å²) in [5.41, 5.74) is -0.0867. The molecule has 0 bridgehead atoms. The number of carbonyl (C=O) groups is 1. The summed E-state index contributed by atoms with van der Waals surface area (Å²) in [7, 11) is 0. The van der Waals surface area contributed by atoms with E-state index in [4.69, 9.17) is 0 Å². The van der Waals surface area contributed by atoms with E-state index in [1.807, 2.05) is 35.2 Å². The number of anilines is 1. The third-order valence-corrected chi connectivity index (χ3v) is 6.17. The average Bonchev–Trinajstić information content (AvgIpc) is 2.64. The van der Waals surface area contributed by atoms with Crippen LogP contribution < -0.4 is 5.32 Å². The fraction of sp³-hybridized carbons (Fsp3) is 0.667. The molecule has 1 saturated carbocycles. The lowest BCUT2D eigenvalue weighted by Crippen LogP contribution is -2.58. The molecule has 0 radical (unpaired) electrons. The van der Waals surface area contributed by atoms with Gasteiger partial charge < -0.3 is 10.2 Å². The highest BCUT2D eigenvalue weighted by molar-refractivity contribution is 5.89. The Hall–Kier alpha value is -1.65. The standard InChI is InChI=1S/C21H30F2N2O/c1-16(2)17-8-14-25(15-9-17)19(26)20(10-12-21(22,23)13-11-20)24-18-6-4-3-5-7-18/h3-7,16-17,24H,8-15H2,1-2H3. The lowest BCUT2D eigenvalue weighted by Gasteiger charge is -2.44. The minimum absolute atomic E-state index is 0.000871. The second kappa shape index (κ2) is 7.53. The van der Waals surface area contributed by atoms with Gasteiger partial charge in [0.2, 0.25) is 11.8 Å². The van der Waals surface area contributed by atoms with Crippen LogP contribution in [0.15, 0.2) is 30.3 Å². The minimum atomic E-state index is -2.66. The zero-order chi connectivity index (χ0) is 18.8. The summed E-state index contributed by atoms with van der Waals surface area (Å²) in [6.07, 6.45) is 1.89. The number of carbonyl (C=O) groups excluding carboxylic acids is 1. The molecular weight excluding hydrogens is 334 g/mol. The molecule has 1 aromatic carbocycles. The Bertz CT molecular complexity index is 600. The van der Waals surface area contributed by atoms with Crippen LogP contribution in [0.2, 0.25) is 0 Å². The van der Waals surface area contributed by atoms with Gasteiger partial charge in [0.15, 0.2) is 0 Å². The monoisotopic (exact) mass is 364 g/mol. The van der Waals surface area contributed by atoms with E-state index in [0.29, 0.717) is 11.8 Å². The molecule has 3 nitrogen and oxygen atoms in total. The number of piperidine rings is 1. The first-order valence-electron chi connectivity index (χ1n) is 9.82. The Kier molecular flexibility index (Phi) is 5.54. The molecule has 0 unspecified atom stereocenters. The fourth-order valence-electron chi connectivity index (χ4n) is 4.30. The van der Waals surface area contributed by atoms with Crippen molar-refractivity contribution in [3.63, 3.8) is 0 Å². The van der Waals surface area contributed by atoms with Gasteiger partial charge >= 0.3 is 0 Å². The fourth-order valence-corrected chi connectivity index (χ4v) is 4.30. The number of hydrogen-bond donors (Lipinski definition) is 1. The molecule has 0 aromatic heterocycles. The third kappa shape index (κ3) is 4.18. The Balaban J connectivity index is 1.76. The third-order valence-electron chi connectivity index (χ3n) is 6.17. The first-order chi connectivity index (χ1) is 12.3. The van der Waals surface area contributed by atoms with Crippen LogP contribution in [0, 0.1) is 11.8 Å². The van der Waals surface area contributed by atoms with Crippen molar-refractivity contribution in [3.05, 3.63) is 30.3 Å².